The van der Waals surface area contributed by atoms with E-state index in [0.717, 1.165) is 0 Å². The number of esters is 1. The van der Waals surface area contributed by atoms with Crippen LogP contribution in [0.2, 0.25) is 0 Å². The molecule has 2 heterocycles. The maximum absolute atomic E-state index is 13.3. The molecular weight excluding hydrogens is 466 g/mol. The minimum atomic E-state index is -0.790. The molecule has 2 aliphatic rings. The Bertz CT molecular complexity index is 1010. The van der Waals surface area contributed by atoms with E-state index < -0.39 is 12.0 Å². The number of ether oxygens (including phenoxy) is 3. The molecule has 4 amide bonds. The predicted molar refractivity (Wildman–Crippen MR) is 134 cm³/mol. The molecule has 0 unspecified atom stereocenters. The van der Waals surface area contributed by atoms with Crippen LogP contribution in [0.1, 0.15) is 32.4 Å². The molecule has 36 heavy (non-hydrogen) atoms. The zero-order valence-corrected chi connectivity index (χ0v) is 21.9. The molecule has 0 saturated carbocycles. The summed E-state index contributed by atoms with van der Waals surface area (Å²) >= 11 is 0. The average molecular weight is 504 g/mol. The summed E-state index contributed by atoms with van der Waals surface area (Å²) in [6, 6.07) is 3.99. The highest BCUT2D eigenvalue weighted by Gasteiger charge is 2.39. The van der Waals surface area contributed by atoms with Crippen molar-refractivity contribution in [2.75, 3.05) is 60.6 Å². The van der Waals surface area contributed by atoms with Crippen LogP contribution in [0, 0.1) is 0 Å². The first-order valence-corrected chi connectivity index (χ1v) is 12.2. The molecule has 3 rings (SSSR count). The molecule has 2 atom stereocenters. The molecule has 0 aliphatic carbocycles. The van der Waals surface area contributed by atoms with Crippen LogP contribution in [0.25, 0.3) is 0 Å². The van der Waals surface area contributed by atoms with E-state index in [1.54, 1.807) is 39.3 Å². The van der Waals surface area contributed by atoms with Gasteiger partial charge in [-0.15, -0.1) is 0 Å². The fourth-order valence-electron chi connectivity index (χ4n) is 4.64. The number of carbonyl (C=O) groups excluding carboxylic acids is 3. The first-order chi connectivity index (χ1) is 17.2. The summed E-state index contributed by atoms with van der Waals surface area (Å²) in [5.74, 6) is 0.568. The van der Waals surface area contributed by atoms with Gasteiger partial charge in [0.25, 0.3) is 0 Å². The molecule has 11 nitrogen and oxygen atoms in total. The largest absolute Gasteiger partial charge is 0.497 e. The molecule has 0 aromatic heterocycles. The van der Waals surface area contributed by atoms with Gasteiger partial charge in [0.05, 0.1) is 32.4 Å². The Kier molecular flexibility index (Phi) is 9.03. The summed E-state index contributed by atoms with van der Waals surface area (Å²) in [5.41, 5.74) is 1.48. The Hall–Kier alpha value is -3.47. The third kappa shape index (κ3) is 5.67. The molecule has 0 bridgehead atoms. The number of hydrogen-bond acceptors (Lipinski definition) is 7. The quantitative estimate of drug-likeness (QED) is 0.522. The third-order valence-electron chi connectivity index (χ3n) is 6.49. The van der Waals surface area contributed by atoms with Crippen LogP contribution < -0.4 is 20.1 Å². The number of urea groups is 2. The minimum Gasteiger partial charge on any atom is -0.497 e. The predicted octanol–water partition coefficient (Wildman–Crippen LogP) is 1.95. The summed E-state index contributed by atoms with van der Waals surface area (Å²) in [6.07, 6.45) is 0. The van der Waals surface area contributed by atoms with E-state index >= 15 is 0 Å². The van der Waals surface area contributed by atoms with Crippen molar-refractivity contribution < 1.29 is 28.6 Å². The van der Waals surface area contributed by atoms with E-state index in [9.17, 15) is 14.4 Å². The number of hydrogen-bond donors (Lipinski definition) is 2. The molecule has 0 spiro atoms. The van der Waals surface area contributed by atoms with E-state index in [-0.39, 0.29) is 24.7 Å². The van der Waals surface area contributed by atoms with Gasteiger partial charge in [0.1, 0.15) is 11.5 Å². The van der Waals surface area contributed by atoms with Gasteiger partial charge in [0.15, 0.2) is 0 Å². The molecule has 1 fully saturated rings. The fourth-order valence-corrected chi connectivity index (χ4v) is 4.64. The Labute approximate surface area is 212 Å². The van der Waals surface area contributed by atoms with Crippen molar-refractivity contribution in [1.82, 2.24) is 25.3 Å². The maximum Gasteiger partial charge on any atom is 0.338 e. The Morgan fingerprint density at radius 3 is 2.53 bits per heavy atom. The number of piperazine rings is 1. The van der Waals surface area contributed by atoms with Crippen LogP contribution in [-0.4, -0.2) is 99.4 Å². The van der Waals surface area contributed by atoms with Crippen LogP contribution in [0.5, 0.6) is 11.5 Å². The standard InChI is InChI=1S/C25H37N5O6/c1-7-26-24(32)30-12-11-29(14-16(30)3)15-19-21(23(31)36-8-2)22(27-25(33)28(19)4)18-13-17(34-5)9-10-20(18)35-6/h9-10,13,16,22H,7-8,11-12,14-15H2,1-6H3,(H,26,32)(H,27,33)/t16-,22+/m1/s1. The molecule has 0 radical (unpaired) electrons. The third-order valence-corrected chi connectivity index (χ3v) is 6.49. The van der Waals surface area contributed by atoms with Crippen molar-refractivity contribution in [2.45, 2.75) is 32.9 Å². The number of amides is 4. The van der Waals surface area contributed by atoms with E-state index in [0.29, 0.717) is 61.1 Å². The van der Waals surface area contributed by atoms with Gasteiger partial charge in [0, 0.05) is 57.1 Å². The summed E-state index contributed by atoms with van der Waals surface area (Å²) in [4.78, 5) is 44.1. The van der Waals surface area contributed by atoms with Crippen molar-refractivity contribution in [2.24, 2.45) is 0 Å². The van der Waals surface area contributed by atoms with Gasteiger partial charge in [-0.2, -0.15) is 0 Å². The maximum atomic E-state index is 13.3. The van der Waals surface area contributed by atoms with Gasteiger partial charge in [-0.05, 0) is 39.0 Å². The number of nitrogens with one attached hydrogen (secondary N) is 2. The number of carbonyl (C=O) groups is 3. The summed E-state index contributed by atoms with van der Waals surface area (Å²) in [6.45, 7) is 8.46. The number of rotatable bonds is 8. The lowest BCUT2D eigenvalue weighted by Crippen LogP contribution is -2.57. The highest BCUT2D eigenvalue weighted by Crippen LogP contribution is 2.38. The molecule has 2 N–H and O–H groups in total. The number of methoxy groups -OCH3 is 2. The van der Waals surface area contributed by atoms with Crippen LogP contribution in [0.3, 0.4) is 0 Å². The summed E-state index contributed by atoms with van der Waals surface area (Å²) in [5, 5.41) is 5.77. The van der Waals surface area contributed by atoms with Gasteiger partial charge in [-0.1, -0.05) is 0 Å². The second kappa shape index (κ2) is 12.0. The van der Waals surface area contributed by atoms with Crippen LogP contribution >= 0.6 is 0 Å². The number of likely N-dealkylation sites (N-methyl/N-ethyl adjacent to an activating group) is 1. The smallest absolute Gasteiger partial charge is 0.338 e. The lowest BCUT2D eigenvalue weighted by Gasteiger charge is -2.42. The van der Waals surface area contributed by atoms with Gasteiger partial charge >= 0.3 is 18.0 Å². The van der Waals surface area contributed by atoms with Crippen molar-refractivity contribution in [3.63, 3.8) is 0 Å². The van der Waals surface area contributed by atoms with Gasteiger partial charge in [-0.25, -0.2) is 14.4 Å². The lowest BCUT2D eigenvalue weighted by atomic mass is 9.93. The highest BCUT2D eigenvalue weighted by molar-refractivity contribution is 5.95. The zero-order valence-electron chi connectivity index (χ0n) is 21.9. The topological polar surface area (TPSA) is 113 Å². The van der Waals surface area contributed by atoms with E-state index in [1.807, 2.05) is 18.7 Å². The van der Waals surface area contributed by atoms with E-state index in [4.69, 9.17) is 14.2 Å². The second-order valence-corrected chi connectivity index (χ2v) is 8.74. The van der Waals surface area contributed by atoms with Crippen molar-refractivity contribution in [3.05, 3.63) is 35.0 Å². The zero-order chi connectivity index (χ0) is 26.4. The first kappa shape index (κ1) is 27.1. The first-order valence-electron chi connectivity index (χ1n) is 12.2. The fraction of sp³-hybridized carbons (Fsp3) is 0.560. The average Bonchev–Trinajstić information content (AvgIpc) is 2.86. The SMILES string of the molecule is CCNC(=O)N1CCN(CC2=C(C(=O)OCC)[C@H](c3cc(OC)ccc3OC)NC(=O)N2C)C[C@H]1C. The summed E-state index contributed by atoms with van der Waals surface area (Å²) < 4.78 is 16.4. The lowest BCUT2D eigenvalue weighted by molar-refractivity contribution is -0.139. The van der Waals surface area contributed by atoms with Crippen LogP contribution in [-0.2, 0) is 9.53 Å². The highest BCUT2D eigenvalue weighted by atomic mass is 16.5. The van der Waals surface area contributed by atoms with E-state index in [1.165, 1.54) is 12.0 Å². The molecule has 2 aliphatic heterocycles. The van der Waals surface area contributed by atoms with Crippen molar-refractivity contribution in [3.8, 4) is 11.5 Å². The van der Waals surface area contributed by atoms with Gasteiger partial charge in [0.2, 0.25) is 0 Å². The van der Waals surface area contributed by atoms with Crippen molar-refractivity contribution in [1.29, 1.82) is 0 Å². The summed E-state index contributed by atoms with van der Waals surface area (Å²) in [7, 11) is 4.72. The van der Waals surface area contributed by atoms with Crippen LogP contribution in [0.15, 0.2) is 29.5 Å². The minimum absolute atomic E-state index is 0.0334. The molecule has 1 saturated heterocycles. The molecular formula is C25H37N5O6. The molecule has 1 aromatic carbocycles. The van der Waals surface area contributed by atoms with Gasteiger partial charge < -0.3 is 29.7 Å². The Morgan fingerprint density at radius 2 is 1.92 bits per heavy atom. The Balaban J connectivity index is 2.01. The molecule has 198 valence electrons. The monoisotopic (exact) mass is 503 g/mol. The number of nitrogens with zero attached hydrogens (tertiary/aromatic N) is 3. The number of benzene rings is 1. The van der Waals surface area contributed by atoms with Gasteiger partial charge in [-0.3, -0.25) is 9.80 Å². The Morgan fingerprint density at radius 1 is 1.17 bits per heavy atom. The van der Waals surface area contributed by atoms with Crippen molar-refractivity contribution >= 4 is 18.0 Å². The van der Waals surface area contributed by atoms with Crippen LogP contribution in [0.4, 0.5) is 9.59 Å². The molecule has 11 heteroatoms. The normalized spacial score (nSPS) is 20.7. The second-order valence-electron chi connectivity index (χ2n) is 8.74. The molecule has 1 aromatic rings. The van der Waals surface area contributed by atoms with E-state index in [2.05, 4.69) is 15.5 Å².